The molecule has 2 rings (SSSR count). The Balaban J connectivity index is 1.98. The van der Waals surface area contributed by atoms with E-state index < -0.39 is 12.0 Å². The number of ether oxygens (including phenoxy) is 1. The van der Waals surface area contributed by atoms with E-state index in [1.54, 1.807) is 6.92 Å². The molecule has 2 amide bonds. The maximum absolute atomic E-state index is 12.0. The molecule has 1 aromatic heterocycles. The Morgan fingerprint density at radius 2 is 2.23 bits per heavy atom. The van der Waals surface area contributed by atoms with Gasteiger partial charge in [0.05, 0.1) is 12.3 Å². The van der Waals surface area contributed by atoms with E-state index in [-0.39, 0.29) is 17.7 Å². The Bertz CT molecular complexity index is 597. The first-order valence-corrected chi connectivity index (χ1v) is 7.93. The lowest BCUT2D eigenvalue weighted by Gasteiger charge is -2.08. The van der Waals surface area contributed by atoms with Crippen LogP contribution in [-0.4, -0.2) is 35.4 Å². The average molecular weight is 325 g/mol. The molecule has 1 aliphatic heterocycles. The maximum Gasteiger partial charge on any atom is 0.350 e. The molecule has 2 heterocycles. The van der Waals surface area contributed by atoms with Crippen LogP contribution in [0, 0.1) is 12.8 Å². The minimum atomic E-state index is -0.534. The second kappa shape index (κ2) is 6.87. The maximum atomic E-state index is 12.0. The first-order chi connectivity index (χ1) is 10.4. The van der Waals surface area contributed by atoms with Crippen molar-refractivity contribution in [2.75, 3.05) is 11.9 Å². The number of anilines is 1. The predicted molar refractivity (Wildman–Crippen MR) is 81.8 cm³/mol. The van der Waals surface area contributed by atoms with Crippen molar-refractivity contribution in [3.8, 4) is 0 Å². The van der Waals surface area contributed by atoms with Crippen LogP contribution in [0.15, 0.2) is 0 Å². The molecule has 120 valence electrons. The molecule has 0 radical (unpaired) electrons. The van der Waals surface area contributed by atoms with Gasteiger partial charge in [-0.2, -0.15) is 0 Å². The number of rotatable bonds is 5. The lowest BCUT2D eigenvalue weighted by Crippen LogP contribution is -2.37. The van der Waals surface area contributed by atoms with Crippen LogP contribution in [0.2, 0.25) is 0 Å². The summed E-state index contributed by atoms with van der Waals surface area (Å²) in [5.74, 6) is -0.629. The minimum Gasteiger partial charge on any atom is -0.461 e. The Morgan fingerprint density at radius 1 is 1.50 bits per heavy atom. The molecule has 22 heavy (non-hydrogen) atoms. The highest BCUT2D eigenvalue weighted by Crippen LogP contribution is 2.24. The fourth-order valence-electron chi connectivity index (χ4n) is 1.95. The number of carbonyl (C=O) groups excluding carboxylic acids is 3. The Morgan fingerprint density at radius 3 is 2.82 bits per heavy atom. The zero-order valence-electron chi connectivity index (χ0n) is 12.8. The molecule has 8 heteroatoms. The van der Waals surface area contributed by atoms with E-state index in [2.05, 4.69) is 15.6 Å². The summed E-state index contributed by atoms with van der Waals surface area (Å²) in [6.07, 6.45) is 0.820. The summed E-state index contributed by atoms with van der Waals surface area (Å²) in [6, 6.07) is -0.534. The van der Waals surface area contributed by atoms with Gasteiger partial charge in [-0.3, -0.25) is 9.59 Å². The largest absolute Gasteiger partial charge is 0.461 e. The molecule has 0 aromatic carbocycles. The summed E-state index contributed by atoms with van der Waals surface area (Å²) in [5.41, 5.74) is 0.518. The minimum absolute atomic E-state index is 0.131. The van der Waals surface area contributed by atoms with Crippen molar-refractivity contribution in [2.45, 2.75) is 39.7 Å². The molecule has 7 nitrogen and oxygen atoms in total. The third-order valence-electron chi connectivity index (χ3n) is 3.07. The van der Waals surface area contributed by atoms with Gasteiger partial charge in [0.25, 0.3) is 0 Å². The normalized spacial score (nSPS) is 17.5. The number of carbonyl (C=O) groups is 3. The summed E-state index contributed by atoms with van der Waals surface area (Å²) < 4.78 is 5.16. The number of hydrogen-bond acceptors (Lipinski definition) is 6. The second-order valence-electron chi connectivity index (χ2n) is 5.57. The Kier molecular flexibility index (Phi) is 5.12. The number of hydrogen-bond donors (Lipinski definition) is 2. The standard InChI is InChI=1S/C14H19N3O4S/c1-7(2)6-21-13(20)11-8(3)15-14(22-11)17-12(19)9-4-5-10(18)16-9/h7,9H,4-6H2,1-3H3,(H,16,18)(H,15,17,19). The van der Waals surface area contributed by atoms with Crippen LogP contribution < -0.4 is 10.6 Å². The summed E-state index contributed by atoms with van der Waals surface area (Å²) in [7, 11) is 0. The van der Waals surface area contributed by atoms with Crippen molar-refractivity contribution in [2.24, 2.45) is 5.92 Å². The van der Waals surface area contributed by atoms with Crippen molar-refractivity contribution in [3.05, 3.63) is 10.6 Å². The zero-order valence-corrected chi connectivity index (χ0v) is 13.6. The van der Waals surface area contributed by atoms with Gasteiger partial charge >= 0.3 is 5.97 Å². The van der Waals surface area contributed by atoms with Gasteiger partial charge in [-0.15, -0.1) is 0 Å². The van der Waals surface area contributed by atoms with E-state index in [1.165, 1.54) is 0 Å². The molecule has 1 unspecified atom stereocenters. The number of nitrogens with zero attached hydrogens (tertiary/aromatic N) is 1. The van der Waals surface area contributed by atoms with Crippen LogP contribution in [-0.2, 0) is 14.3 Å². The van der Waals surface area contributed by atoms with E-state index in [4.69, 9.17) is 4.74 Å². The van der Waals surface area contributed by atoms with Crippen LogP contribution in [0.5, 0.6) is 0 Å². The lowest BCUT2D eigenvalue weighted by molar-refractivity contribution is -0.122. The van der Waals surface area contributed by atoms with E-state index in [0.717, 1.165) is 11.3 Å². The van der Waals surface area contributed by atoms with Crippen molar-refractivity contribution in [3.63, 3.8) is 0 Å². The van der Waals surface area contributed by atoms with Gasteiger partial charge in [0.15, 0.2) is 5.13 Å². The fourth-order valence-corrected chi connectivity index (χ4v) is 2.81. The number of esters is 1. The second-order valence-corrected chi connectivity index (χ2v) is 6.57. The van der Waals surface area contributed by atoms with E-state index in [9.17, 15) is 14.4 Å². The molecule has 1 saturated heterocycles. The van der Waals surface area contributed by atoms with Gasteiger partial charge in [0.1, 0.15) is 10.9 Å². The van der Waals surface area contributed by atoms with Gasteiger partial charge in [-0.05, 0) is 19.3 Å². The highest BCUT2D eigenvalue weighted by atomic mass is 32.1. The van der Waals surface area contributed by atoms with Crippen LogP contribution in [0.1, 0.15) is 42.1 Å². The number of amides is 2. The topological polar surface area (TPSA) is 97.4 Å². The SMILES string of the molecule is Cc1nc(NC(=O)C2CCC(=O)N2)sc1C(=O)OCC(C)C. The van der Waals surface area contributed by atoms with Crippen LogP contribution >= 0.6 is 11.3 Å². The number of thiazole rings is 1. The summed E-state index contributed by atoms with van der Waals surface area (Å²) >= 11 is 1.08. The van der Waals surface area contributed by atoms with Crippen LogP contribution in [0.25, 0.3) is 0 Å². The third kappa shape index (κ3) is 4.03. The highest BCUT2D eigenvalue weighted by Gasteiger charge is 2.28. The van der Waals surface area contributed by atoms with Gasteiger partial charge in [0, 0.05) is 6.42 Å². The molecule has 0 spiro atoms. The lowest BCUT2D eigenvalue weighted by atomic mass is 10.2. The Labute approximate surface area is 132 Å². The van der Waals surface area contributed by atoms with Crippen molar-refractivity contribution >= 4 is 34.3 Å². The van der Waals surface area contributed by atoms with Crippen molar-refractivity contribution < 1.29 is 19.1 Å². The number of nitrogens with one attached hydrogen (secondary N) is 2. The van der Waals surface area contributed by atoms with E-state index in [1.807, 2.05) is 13.8 Å². The molecule has 0 bridgehead atoms. The summed E-state index contributed by atoms with van der Waals surface area (Å²) in [4.78, 5) is 39.6. The molecule has 0 saturated carbocycles. The molecule has 2 N–H and O–H groups in total. The molecule has 1 aliphatic rings. The molecular weight excluding hydrogens is 306 g/mol. The van der Waals surface area contributed by atoms with Gasteiger partial charge < -0.3 is 15.4 Å². The van der Waals surface area contributed by atoms with Gasteiger partial charge in [-0.1, -0.05) is 25.2 Å². The molecular formula is C14H19N3O4S. The van der Waals surface area contributed by atoms with Crippen LogP contribution in [0.4, 0.5) is 5.13 Å². The first kappa shape index (κ1) is 16.4. The third-order valence-corrected chi connectivity index (χ3v) is 4.12. The monoisotopic (exact) mass is 325 g/mol. The van der Waals surface area contributed by atoms with Crippen molar-refractivity contribution in [1.82, 2.24) is 10.3 Å². The average Bonchev–Trinajstić information content (AvgIpc) is 3.02. The molecule has 1 aromatic rings. The Hall–Kier alpha value is -1.96. The smallest absolute Gasteiger partial charge is 0.350 e. The molecule has 0 aliphatic carbocycles. The van der Waals surface area contributed by atoms with Gasteiger partial charge in [-0.25, -0.2) is 9.78 Å². The number of aryl methyl sites for hydroxylation is 1. The van der Waals surface area contributed by atoms with Gasteiger partial charge in [0.2, 0.25) is 11.8 Å². The fraction of sp³-hybridized carbons (Fsp3) is 0.571. The summed E-state index contributed by atoms with van der Waals surface area (Å²) in [6.45, 7) is 5.93. The quantitative estimate of drug-likeness (QED) is 0.799. The van der Waals surface area contributed by atoms with E-state index in [0.29, 0.717) is 35.2 Å². The molecule has 1 fully saturated rings. The highest BCUT2D eigenvalue weighted by molar-refractivity contribution is 7.17. The van der Waals surface area contributed by atoms with E-state index >= 15 is 0 Å². The number of aromatic nitrogens is 1. The summed E-state index contributed by atoms with van der Waals surface area (Å²) in [5, 5.41) is 5.55. The van der Waals surface area contributed by atoms with Crippen LogP contribution in [0.3, 0.4) is 0 Å². The van der Waals surface area contributed by atoms with Crippen molar-refractivity contribution in [1.29, 1.82) is 0 Å². The first-order valence-electron chi connectivity index (χ1n) is 7.11. The predicted octanol–water partition coefficient (Wildman–Crippen LogP) is 1.48. The zero-order chi connectivity index (χ0) is 16.3. The molecule has 1 atom stereocenters.